The number of imide groups is 1. The Morgan fingerprint density at radius 3 is 2.35 bits per heavy atom. The van der Waals surface area contributed by atoms with Crippen molar-refractivity contribution in [1.82, 2.24) is 4.90 Å². The van der Waals surface area contributed by atoms with E-state index in [4.69, 9.17) is 5.11 Å². The van der Waals surface area contributed by atoms with Crippen molar-refractivity contribution < 1.29 is 14.7 Å². The molecule has 1 aliphatic heterocycles. The maximum atomic E-state index is 12.3. The first-order valence-electron chi connectivity index (χ1n) is 8.46. The Morgan fingerprint density at radius 1 is 1.00 bits per heavy atom. The van der Waals surface area contributed by atoms with E-state index in [0.717, 1.165) is 16.2 Å². The van der Waals surface area contributed by atoms with Crippen LogP contribution in [0.5, 0.6) is 0 Å². The van der Waals surface area contributed by atoms with E-state index >= 15 is 0 Å². The molecule has 0 fully saturated rings. The van der Waals surface area contributed by atoms with Crippen LogP contribution in [-0.2, 0) is 9.59 Å². The lowest BCUT2D eigenvalue weighted by Gasteiger charge is -2.19. The van der Waals surface area contributed by atoms with Gasteiger partial charge in [0.05, 0.1) is 24.5 Å². The topological polar surface area (TPSA) is 81.7 Å². The number of nitrogens with zero attached hydrogens (tertiary/aromatic N) is 1. The summed E-state index contributed by atoms with van der Waals surface area (Å²) < 4.78 is 0. The van der Waals surface area contributed by atoms with E-state index in [2.05, 4.69) is 17.6 Å². The van der Waals surface area contributed by atoms with Gasteiger partial charge in [-0.1, -0.05) is 42.5 Å². The summed E-state index contributed by atoms with van der Waals surface area (Å²) in [5.41, 5.74) is 2.87. The predicted molar refractivity (Wildman–Crippen MR) is 100 cm³/mol. The summed E-state index contributed by atoms with van der Waals surface area (Å²) in [5, 5.41) is 15.5. The molecule has 2 amide bonds. The minimum Gasteiger partial charge on any atom is -0.395 e. The van der Waals surface area contributed by atoms with Crippen LogP contribution in [0.15, 0.2) is 66.4 Å². The van der Waals surface area contributed by atoms with Crippen LogP contribution in [0.1, 0.15) is 18.5 Å². The second-order valence-electron chi connectivity index (χ2n) is 6.02. The minimum atomic E-state index is -0.435. The molecule has 0 saturated heterocycles. The third-order valence-electron chi connectivity index (χ3n) is 4.20. The second kappa shape index (κ2) is 7.84. The average Bonchev–Trinajstić information content (AvgIpc) is 2.92. The molecule has 3 rings (SSSR count). The molecule has 1 heterocycles. The van der Waals surface area contributed by atoms with Crippen molar-refractivity contribution in [2.75, 3.05) is 23.8 Å². The summed E-state index contributed by atoms with van der Waals surface area (Å²) in [6.07, 6.45) is 1.26. The van der Waals surface area contributed by atoms with E-state index in [-0.39, 0.29) is 24.9 Å². The number of carbonyl (C=O) groups is 2. The number of β-amino-alcohol motifs (C(OH)–C–C–N with tert-alkyl or cyclic N) is 1. The summed E-state index contributed by atoms with van der Waals surface area (Å²) in [7, 11) is 0. The Bertz CT molecular complexity index is 833. The maximum absolute atomic E-state index is 12.3. The molecule has 1 aliphatic rings. The third-order valence-corrected chi connectivity index (χ3v) is 4.20. The van der Waals surface area contributed by atoms with Gasteiger partial charge in [-0.2, -0.15) is 0 Å². The number of benzene rings is 2. The summed E-state index contributed by atoms with van der Waals surface area (Å²) in [4.78, 5) is 25.2. The number of aliphatic hydroxyl groups excluding tert-OH is 1. The molecule has 0 spiro atoms. The Hall–Kier alpha value is -3.12. The number of aliphatic hydroxyl groups is 1. The Labute approximate surface area is 152 Å². The molecule has 0 aliphatic carbocycles. The number of nitrogens with one attached hydrogen (secondary N) is 2. The molecule has 1 atom stereocenters. The van der Waals surface area contributed by atoms with Crippen LogP contribution >= 0.6 is 0 Å². The minimum absolute atomic E-state index is 0.00964. The van der Waals surface area contributed by atoms with Crippen LogP contribution in [0.2, 0.25) is 0 Å². The van der Waals surface area contributed by atoms with E-state index in [1.165, 1.54) is 6.08 Å². The molecule has 2 aromatic rings. The van der Waals surface area contributed by atoms with Gasteiger partial charge in [-0.05, 0) is 24.6 Å². The van der Waals surface area contributed by atoms with Crippen LogP contribution in [-0.4, -0.2) is 35.0 Å². The van der Waals surface area contributed by atoms with E-state index in [0.29, 0.717) is 5.69 Å². The normalized spacial score (nSPS) is 15.0. The van der Waals surface area contributed by atoms with E-state index in [1.807, 2.05) is 54.6 Å². The molecule has 6 nitrogen and oxygen atoms in total. The maximum Gasteiger partial charge on any atom is 0.277 e. The van der Waals surface area contributed by atoms with Gasteiger partial charge in [0.15, 0.2) is 0 Å². The summed E-state index contributed by atoms with van der Waals surface area (Å²) in [6.45, 7) is 1.79. The third kappa shape index (κ3) is 3.75. The highest BCUT2D eigenvalue weighted by Gasteiger charge is 2.30. The number of rotatable bonds is 7. The van der Waals surface area contributed by atoms with Crippen molar-refractivity contribution in [2.45, 2.75) is 13.0 Å². The zero-order valence-electron chi connectivity index (χ0n) is 14.5. The van der Waals surface area contributed by atoms with Crippen molar-refractivity contribution >= 4 is 23.2 Å². The summed E-state index contributed by atoms with van der Waals surface area (Å²) in [5.74, 6) is -0.857. The molecule has 0 saturated carbocycles. The van der Waals surface area contributed by atoms with Gasteiger partial charge in [0.1, 0.15) is 5.70 Å². The molecule has 0 radical (unpaired) electrons. The summed E-state index contributed by atoms with van der Waals surface area (Å²) >= 11 is 0. The van der Waals surface area contributed by atoms with Crippen molar-refractivity contribution in [3.63, 3.8) is 0 Å². The van der Waals surface area contributed by atoms with E-state index in [1.54, 1.807) is 0 Å². The molecule has 26 heavy (non-hydrogen) atoms. The van der Waals surface area contributed by atoms with Crippen LogP contribution in [0.4, 0.5) is 11.4 Å². The van der Waals surface area contributed by atoms with Gasteiger partial charge >= 0.3 is 0 Å². The number of hydrogen-bond donors (Lipinski definition) is 3. The lowest BCUT2D eigenvalue weighted by atomic mass is 10.1. The van der Waals surface area contributed by atoms with Crippen molar-refractivity contribution in [3.05, 3.63) is 71.9 Å². The predicted octanol–water partition coefficient (Wildman–Crippen LogP) is 2.52. The fourth-order valence-electron chi connectivity index (χ4n) is 2.83. The quantitative estimate of drug-likeness (QED) is 0.668. The fourth-order valence-corrected chi connectivity index (χ4v) is 2.83. The van der Waals surface area contributed by atoms with Gasteiger partial charge in [-0.15, -0.1) is 0 Å². The second-order valence-corrected chi connectivity index (χ2v) is 6.02. The number of carbonyl (C=O) groups excluding carboxylic acids is 2. The molecule has 134 valence electrons. The van der Waals surface area contributed by atoms with Gasteiger partial charge < -0.3 is 15.7 Å². The molecular weight excluding hydrogens is 330 g/mol. The van der Waals surface area contributed by atoms with Crippen LogP contribution in [0.25, 0.3) is 0 Å². The first-order chi connectivity index (χ1) is 12.6. The molecule has 0 bridgehead atoms. The zero-order valence-corrected chi connectivity index (χ0v) is 14.5. The first-order valence-corrected chi connectivity index (χ1v) is 8.46. The Kier molecular flexibility index (Phi) is 5.34. The van der Waals surface area contributed by atoms with Crippen LogP contribution < -0.4 is 10.6 Å². The zero-order chi connectivity index (χ0) is 18.5. The smallest absolute Gasteiger partial charge is 0.277 e. The Morgan fingerprint density at radius 2 is 1.65 bits per heavy atom. The van der Waals surface area contributed by atoms with Crippen molar-refractivity contribution in [3.8, 4) is 0 Å². The number of amides is 2. The van der Waals surface area contributed by atoms with E-state index < -0.39 is 11.8 Å². The standard InChI is InChI=1S/C20H21N3O3/c1-14(15-7-3-2-4-8-15)21-16-9-5-6-10-17(16)22-18-13-19(25)23(11-12-24)20(18)26/h2-10,13-14,21-22,24H,11-12H2,1H3. The largest absolute Gasteiger partial charge is 0.395 e. The molecule has 2 aromatic carbocycles. The van der Waals surface area contributed by atoms with Gasteiger partial charge in [0.2, 0.25) is 0 Å². The van der Waals surface area contributed by atoms with Gasteiger partial charge in [-0.25, -0.2) is 0 Å². The lowest BCUT2D eigenvalue weighted by molar-refractivity contribution is -0.137. The monoisotopic (exact) mass is 351 g/mol. The average molecular weight is 351 g/mol. The SMILES string of the molecule is CC(Nc1ccccc1NC1=CC(=O)N(CCO)C1=O)c1ccccc1. The highest BCUT2D eigenvalue weighted by atomic mass is 16.3. The van der Waals surface area contributed by atoms with Gasteiger partial charge in [-0.3, -0.25) is 14.5 Å². The van der Waals surface area contributed by atoms with Crippen molar-refractivity contribution in [2.24, 2.45) is 0 Å². The molecule has 0 aromatic heterocycles. The van der Waals surface area contributed by atoms with Gasteiger partial charge in [0, 0.05) is 12.1 Å². The lowest BCUT2D eigenvalue weighted by Crippen LogP contribution is -2.34. The molecule has 6 heteroatoms. The van der Waals surface area contributed by atoms with Crippen molar-refractivity contribution in [1.29, 1.82) is 0 Å². The number of para-hydroxylation sites is 2. The van der Waals surface area contributed by atoms with Crippen LogP contribution in [0, 0.1) is 0 Å². The first kappa shape index (κ1) is 17.7. The van der Waals surface area contributed by atoms with Crippen LogP contribution in [0.3, 0.4) is 0 Å². The molecular formula is C20H21N3O3. The fraction of sp³-hybridized carbons (Fsp3) is 0.200. The highest BCUT2D eigenvalue weighted by molar-refractivity contribution is 6.17. The Balaban J connectivity index is 1.77. The van der Waals surface area contributed by atoms with E-state index in [9.17, 15) is 9.59 Å². The highest BCUT2D eigenvalue weighted by Crippen LogP contribution is 2.28. The number of anilines is 2. The summed E-state index contributed by atoms with van der Waals surface area (Å²) in [6, 6.07) is 17.6. The number of hydrogen-bond acceptors (Lipinski definition) is 5. The molecule has 3 N–H and O–H groups in total. The molecule has 1 unspecified atom stereocenters. The van der Waals surface area contributed by atoms with Gasteiger partial charge in [0.25, 0.3) is 11.8 Å².